The number of aryl methyl sites for hydroxylation is 1. The lowest BCUT2D eigenvalue weighted by Crippen LogP contribution is -2.13. The second-order valence-electron chi connectivity index (χ2n) is 5.49. The molecule has 0 saturated heterocycles. The van der Waals surface area contributed by atoms with Crippen LogP contribution in [0.2, 0.25) is 0 Å². The molecule has 0 fully saturated rings. The Morgan fingerprint density at radius 3 is 2.39 bits per heavy atom. The van der Waals surface area contributed by atoms with E-state index in [1.165, 1.54) is 4.88 Å². The molecule has 0 aliphatic heterocycles. The smallest absolute Gasteiger partial charge is 0.150 e. The van der Waals surface area contributed by atoms with Gasteiger partial charge in [0.05, 0.1) is 11.5 Å². The van der Waals surface area contributed by atoms with E-state index in [2.05, 4.69) is 26.8 Å². The molecule has 5 heteroatoms. The minimum atomic E-state index is -3.02. The van der Waals surface area contributed by atoms with Crippen LogP contribution in [0.5, 0.6) is 0 Å². The minimum Gasteiger partial charge on any atom is -0.396 e. The second-order valence-corrected chi connectivity index (χ2v) is 8.97. The van der Waals surface area contributed by atoms with Gasteiger partial charge in [0.2, 0.25) is 0 Å². The normalized spacial score (nSPS) is 12.9. The van der Waals surface area contributed by atoms with Crippen LogP contribution < -0.4 is 0 Å². The first-order valence-electron chi connectivity index (χ1n) is 6.15. The summed E-state index contributed by atoms with van der Waals surface area (Å²) >= 11 is 1.69. The molecule has 18 heavy (non-hydrogen) atoms. The molecule has 0 unspecified atom stereocenters. The van der Waals surface area contributed by atoms with Crippen LogP contribution in [0, 0.1) is 0 Å². The van der Waals surface area contributed by atoms with Gasteiger partial charge < -0.3 is 5.11 Å². The minimum absolute atomic E-state index is 0.0631. The van der Waals surface area contributed by atoms with Crippen molar-refractivity contribution in [3.8, 4) is 0 Å². The van der Waals surface area contributed by atoms with Gasteiger partial charge in [-0.25, -0.2) is 8.42 Å². The molecule has 0 saturated carbocycles. The Morgan fingerprint density at radius 1 is 1.22 bits per heavy atom. The highest BCUT2D eigenvalue weighted by molar-refractivity contribution is 7.91. The van der Waals surface area contributed by atoms with E-state index in [0.29, 0.717) is 12.8 Å². The van der Waals surface area contributed by atoms with Crippen molar-refractivity contribution in [2.45, 2.75) is 39.0 Å². The summed E-state index contributed by atoms with van der Waals surface area (Å²) in [5.41, 5.74) is 0.124. The van der Waals surface area contributed by atoms with Crippen LogP contribution in [0.4, 0.5) is 0 Å². The summed E-state index contributed by atoms with van der Waals surface area (Å²) in [6, 6.07) is 4.10. The summed E-state index contributed by atoms with van der Waals surface area (Å²) in [5.74, 6) is 0.262. The van der Waals surface area contributed by atoms with Crippen molar-refractivity contribution in [1.82, 2.24) is 0 Å². The summed E-state index contributed by atoms with van der Waals surface area (Å²) in [6.45, 7) is 6.40. The van der Waals surface area contributed by atoms with Gasteiger partial charge in [-0.05, 0) is 30.4 Å². The lowest BCUT2D eigenvalue weighted by Gasteiger charge is -2.15. The standard InChI is InChI=1S/C13H22O3S2/c1-13(2,3)12-6-5-11(17-12)7-10-18(15,16)9-4-8-14/h5-6,14H,4,7-10H2,1-3H3. The highest BCUT2D eigenvalue weighted by Gasteiger charge is 2.17. The van der Waals surface area contributed by atoms with Crippen LogP contribution in [0.15, 0.2) is 12.1 Å². The lowest BCUT2D eigenvalue weighted by molar-refractivity contribution is 0.295. The lowest BCUT2D eigenvalue weighted by atomic mass is 9.95. The third-order valence-electron chi connectivity index (χ3n) is 2.67. The molecule has 1 rings (SSSR count). The zero-order chi connectivity index (χ0) is 13.8. The quantitative estimate of drug-likeness (QED) is 0.875. The monoisotopic (exact) mass is 290 g/mol. The Balaban J connectivity index is 2.57. The van der Waals surface area contributed by atoms with E-state index < -0.39 is 9.84 Å². The van der Waals surface area contributed by atoms with Gasteiger partial charge in [-0.2, -0.15) is 0 Å². The summed E-state index contributed by atoms with van der Waals surface area (Å²) in [6.07, 6.45) is 0.911. The van der Waals surface area contributed by atoms with Crippen molar-refractivity contribution in [3.05, 3.63) is 21.9 Å². The molecule has 0 bridgehead atoms. The molecule has 1 aromatic heterocycles. The molecule has 1 heterocycles. The van der Waals surface area contributed by atoms with Gasteiger partial charge in [0.25, 0.3) is 0 Å². The molecular formula is C13H22O3S2. The van der Waals surface area contributed by atoms with E-state index in [1.807, 2.05) is 6.07 Å². The number of aliphatic hydroxyl groups excluding tert-OH is 1. The summed E-state index contributed by atoms with van der Waals surface area (Å²) < 4.78 is 23.3. The average molecular weight is 290 g/mol. The Kier molecular flexibility index (Phi) is 5.37. The fraction of sp³-hybridized carbons (Fsp3) is 0.692. The maximum absolute atomic E-state index is 11.7. The van der Waals surface area contributed by atoms with E-state index in [1.54, 1.807) is 11.3 Å². The van der Waals surface area contributed by atoms with Crippen LogP contribution >= 0.6 is 11.3 Å². The van der Waals surface area contributed by atoms with Gasteiger partial charge in [-0.3, -0.25) is 0 Å². The molecule has 1 aromatic rings. The third kappa shape index (κ3) is 5.08. The van der Waals surface area contributed by atoms with Crippen LogP contribution in [-0.2, 0) is 21.7 Å². The SMILES string of the molecule is CC(C)(C)c1ccc(CCS(=O)(=O)CCCO)s1. The first kappa shape index (κ1) is 15.7. The van der Waals surface area contributed by atoms with E-state index >= 15 is 0 Å². The predicted octanol–water partition coefficient (Wildman–Crippen LogP) is 2.39. The van der Waals surface area contributed by atoms with Crippen molar-refractivity contribution >= 4 is 21.2 Å². The maximum Gasteiger partial charge on any atom is 0.150 e. The predicted molar refractivity (Wildman–Crippen MR) is 77.1 cm³/mol. The Hall–Kier alpha value is -0.390. The molecule has 104 valence electrons. The number of thiophene rings is 1. The van der Waals surface area contributed by atoms with Gasteiger partial charge in [0.1, 0.15) is 0 Å². The number of hydrogen-bond acceptors (Lipinski definition) is 4. The topological polar surface area (TPSA) is 54.4 Å². The van der Waals surface area contributed by atoms with Gasteiger partial charge in [-0.15, -0.1) is 11.3 Å². The fourth-order valence-corrected chi connectivity index (χ4v) is 4.06. The molecular weight excluding hydrogens is 268 g/mol. The van der Waals surface area contributed by atoms with E-state index in [-0.39, 0.29) is 23.5 Å². The molecule has 0 spiro atoms. The molecule has 0 aliphatic rings. The number of hydrogen-bond donors (Lipinski definition) is 1. The van der Waals surface area contributed by atoms with Gasteiger partial charge in [-0.1, -0.05) is 20.8 Å². The molecule has 0 atom stereocenters. The van der Waals surface area contributed by atoms with Crippen molar-refractivity contribution in [2.75, 3.05) is 18.1 Å². The Morgan fingerprint density at radius 2 is 1.89 bits per heavy atom. The first-order chi connectivity index (χ1) is 8.24. The molecule has 0 radical (unpaired) electrons. The van der Waals surface area contributed by atoms with Crippen molar-refractivity contribution in [3.63, 3.8) is 0 Å². The van der Waals surface area contributed by atoms with Gasteiger partial charge >= 0.3 is 0 Å². The molecule has 0 amide bonds. The van der Waals surface area contributed by atoms with Gasteiger partial charge in [0.15, 0.2) is 9.84 Å². The first-order valence-corrected chi connectivity index (χ1v) is 8.79. The zero-order valence-corrected chi connectivity index (χ0v) is 12.9. The Labute approximate surface area is 114 Å². The number of aliphatic hydroxyl groups is 1. The summed E-state index contributed by atoms with van der Waals surface area (Å²) in [4.78, 5) is 2.40. The number of rotatable bonds is 6. The van der Waals surface area contributed by atoms with Gasteiger partial charge in [0, 0.05) is 16.4 Å². The Bertz CT molecular complexity index is 467. The highest BCUT2D eigenvalue weighted by atomic mass is 32.2. The third-order valence-corrected chi connectivity index (χ3v) is 5.98. The average Bonchev–Trinajstić information content (AvgIpc) is 2.72. The van der Waals surface area contributed by atoms with E-state index in [9.17, 15) is 8.42 Å². The second kappa shape index (κ2) is 6.17. The fourth-order valence-electron chi connectivity index (χ4n) is 1.56. The van der Waals surface area contributed by atoms with E-state index in [0.717, 1.165) is 4.88 Å². The zero-order valence-electron chi connectivity index (χ0n) is 11.3. The highest BCUT2D eigenvalue weighted by Crippen LogP contribution is 2.29. The molecule has 3 nitrogen and oxygen atoms in total. The summed E-state index contributed by atoms with van der Waals surface area (Å²) in [5, 5.41) is 8.65. The van der Waals surface area contributed by atoms with Crippen LogP contribution in [0.25, 0.3) is 0 Å². The van der Waals surface area contributed by atoms with Crippen LogP contribution in [0.1, 0.15) is 36.9 Å². The maximum atomic E-state index is 11.7. The van der Waals surface area contributed by atoms with E-state index in [4.69, 9.17) is 5.11 Å². The van der Waals surface area contributed by atoms with Crippen LogP contribution in [0.3, 0.4) is 0 Å². The van der Waals surface area contributed by atoms with Crippen molar-refractivity contribution < 1.29 is 13.5 Å². The summed E-state index contributed by atoms with van der Waals surface area (Å²) in [7, 11) is -3.02. The van der Waals surface area contributed by atoms with Crippen molar-refractivity contribution in [1.29, 1.82) is 0 Å². The number of sulfone groups is 1. The largest absolute Gasteiger partial charge is 0.396 e. The molecule has 0 aliphatic carbocycles. The van der Waals surface area contributed by atoms with Crippen molar-refractivity contribution in [2.24, 2.45) is 0 Å². The van der Waals surface area contributed by atoms with Crippen LogP contribution in [-0.4, -0.2) is 31.6 Å². The molecule has 1 N–H and O–H groups in total. The molecule has 0 aromatic carbocycles.